The van der Waals surface area contributed by atoms with Crippen molar-refractivity contribution in [2.45, 2.75) is 51.6 Å². The number of unbranched alkanes of at least 4 members (excludes halogenated alkanes) is 3. The van der Waals surface area contributed by atoms with E-state index in [2.05, 4.69) is 6.92 Å². The summed E-state index contributed by atoms with van der Waals surface area (Å²) in [5, 5.41) is 9.27. The fourth-order valence-corrected chi connectivity index (χ4v) is 1.14. The fourth-order valence-electron chi connectivity index (χ4n) is 1.14. The quantitative estimate of drug-likeness (QED) is 0.555. The Balaban J connectivity index is 2.97. The Morgan fingerprint density at radius 1 is 1.18 bits per heavy atom. The van der Waals surface area contributed by atoms with Gasteiger partial charge in [-0.3, -0.25) is 0 Å². The van der Waals surface area contributed by atoms with E-state index in [9.17, 15) is 5.11 Å². The van der Waals surface area contributed by atoms with Crippen molar-refractivity contribution < 1.29 is 5.11 Å². The van der Waals surface area contributed by atoms with Gasteiger partial charge in [0, 0.05) is 0 Å². The molecule has 0 saturated carbocycles. The van der Waals surface area contributed by atoms with Crippen LogP contribution >= 0.6 is 0 Å². The van der Waals surface area contributed by atoms with E-state index in [1.807, 2.05) is 0 Å². The molecule has 0 aromatic rings. The highest BCUT2D eigenvalue weighted by Crippen LogP contribution is 2.06. The first-order chi connectivity index (χ1) is 5.31. The first-order valence-corrected chi connectivity index (χ1v) is 4.69. The Morgan fingerprint density at radius 2 is 1.91 bits per heavy atom. The third kappa shape index (κ3) is 7.82. The van der Waals surface area contributed by atoms with Crippen molar-refractivity contribution in [1.82, 2.24) is 0 Å². The normalized spacial score (nSPS) is 13.4. The molecule has 0 aromatic carbocycles. The summed E-state index contributed by atoms with van der Waals surface area (Å²) < 4.78 is 0. The molecule has 0 amide bonds. The SMILES string of the molecule is CCCCCC[C@@H](O)CCN. The first kappa shape index (κ1) is 10.9. The molecule has 2 heteroatoms. The standard InChI is InChI=1S/C9H21NO/c1-2-3-4-5-6-9(11)7-8-10/h9,11H,2-8,10H2,1H3/t9-/m1/s1. The molecule has 0 heterocycles. The Bertz CT molecular complexity index is 76.0. The van der Waals surface area contributed by atoms with Crippen LogP contribution in [0.3, 0.4) is 0 Å². The largest absolute Gasteiger partial charge is 0.393 e. The van der Waals surface area contributed by atoms with E-state index in [0.29, 0.717) is 6.54 Å². The third-order valence-corrected chi connectivity index (χ3v) is 1.89. The van der Waals surface area contributed by atoms with Crippen LogP contribution in [0.4, 0.5) is 0 Å². The lowest BCUT2D eigenvalue weighted by Crippen LogP contribution is -2.12. The van der Waals surface area contributed by atoms with Gasteiger partial charge in [0.25, 0.3) is 0 Å². The van der Waals surface area contributed by atoms with Gasteiger partial charge in [-0.05, 0) is 19.4 Å². The number of aliphatic hydroxyl groups is 1. The van der Waals surface area contributed by atoms with Crippen molar-refractivity contribution in [2.75, 3.05) is 6.54 Å². The summed E-state index contributed by atoms with van der Waals surface area (Å²) in [7, 11) is 0. The molecule has 0 spiro atoms. The molecule has 0 aliphatic carbocycles. The topological polar surface area (TPSA) is 46.2 Å². The molecule has 0 fully saturated rings. The summed E-state index contributed by atoms with van der Waals surface area (Å²) in [6.07, 6.45) is 6.47. The zero-order chi connectivity index (χ0) is 8.53. The molecule has 11 heavy (non-hydrogen) atoms. The van der Waals surface area contributed by atoms with Gasteiger partial charge in [-0.1, -0.05) is 32.6 Å². The van der Waals surface area contributed by atoms with E-state index in [1.54, 1.807) is 0 Å². The van der Waals surface area contributed by atoms with Crippen LogP contribution in [0.1, 0.15) is 45.4 Å². The summed E-state index contributed by atoms with van der Waals surface area (Å²) in [5.41, 5.74) is 5.30. The average molecular weight is 159 g/mol. The molecule has 68 valence electrons. The minimum Gasteiger partial charge on any atom is -0.393 e. The summed E-state index contributed by atoms with van der Waals surface area (Å²) in [6, 6.07) is 0. The Hall–Kier alpha value is -0.0800. The van der Waals surface area contributed by atoms with Crippen molar-refractivity contribution in [3.05, 3.63) is 0 Å². The van der Waals surface area contributed by atoms with Crippen LogP contribution in [-0.4, -0.2) is 17.8 Å². The van der Waals surface area contributed by atoms with Crippen LogP contribution in [0.2, 0.25) is 0 Å². The number of aliphatic hydroxyl groups excluding tert-OH is 1. The van der Waals surface area contributed by atoms with Gasteiger partial charge >= 0.3 is 0 Å². The molecule has 3 N–H and O–H groups in total. The van der Waals surface area contributed by atoms with Gasteiger partial charge in [-0.2, -0.15) is 0 Å². The second-order valence-electron chi connectivity index (χ2n) is 3.08. The van der Waals surface area contributed by atoms with E-state index in [4.69, 9.17) is 5.73 Å². The maximum absolute atomic E-state index is 9.27. The molecular formula is C9H21NO. The highest BCUT2D eigenvalue weighted by Gasteiger charge is 2.00. The Kier molecular flexibility index (Phi) is 7.96. The van der Waals surface area contributed by atoms with Crippen LogP contribution < -0.4 is 5.73 Å². The van der Waals surface area contributed by atoms with Crippen molar-refractivity contribution in [1.29, 1.82) is 0 Å². The molecule has 0 bridgehead atoms. The smallest absolute Gasteiger partial charge is 0.0552 e. The highest BCUT2D eigenvalue weighted by atomic mass is 16.3. The molecular weight excluding hydrogens is 138 g/mol. The predicted molar refractivity (Wildman–Crippen MR) is 48.4 cm³/mol. The monoisotopic (exact) mass is 159 g/mol. The van der Waals surface area contributed by atoms with Crippen LogP contribution in [-0.2, 0) is 0 Å². The van der Waals surface area contributed by atoms with E-state index in [1.165, 1.54) is 19.3 Å². The maximum Gasteiger partial charge on any atom is 0.0552 e. The van der Waals surface area contributed by atoms with Gasteiger partial charge in [0.15, 0.2) is 0 Å². The second kappa shape index (κ2) is 8.02. The molecule has 2 nitrogen and oxygen atoms in total. The third-order valence-electron chi connectivity index (χ3n) is 1.89. The van der Waals surface area contributed by atoms with Gasteiger partial charge in [-0.25, -0.2) is 0 Å². The predicted octanol–water partition coefficient (Wildman–Crippen LogP) is 1.67. The van der Waals surface area contributed by atoms with Gasteiger partial charge in [0.2, 0.25) is 0 Å². The lowest BCUT2D eigenvalue weighted by Gasteiger charge is -2.07. The molecule has 1 atom stereocenters. The van der Waals surface area contributed by atoms with Crippen LogP contribution in [0.25, 0.3) is 0 Å². The molecule has 0 radical (unpaired) electrons. The van der Waals surface area contributed by atoms with E-state index < -0.39 is 0 Å². The summed E-state index contributed by atoms with van der Waals surface area (Å²) in [5.74, 6) is 0. The van der Waals surface area contributed by atoms with Gasteiger partial charge < -0.3 is 10.8 Å². The molecule has 0 aliphatic rings. The lowest BCUT2D eigenvalue weighted by molar-refractivity contribution is 0.153. The van der Waals surface area contributed by atoms with Crippen molar-refractivity contribution in [3.8, 4) is 0 Å². The number of hydrogen-bond acceptors (Lipinski definition) is 2. The van der Waals surface area contributed by atoms with Gasteiger partial charge in [0.05, 0.1) is 6.10 Å². The summed E-state index contributed by atoms with van der Waals surface area (Å²) >= 11 is 0. The Morgan fingerprint density at radius 3 is 2.45 bits per heavy atom. The van der Waals surface area contributed by atoms with Crippen molar-refractivity contribution in [2.24, 2.45) is 5.73 Å². The van der Waals surface area contributed by atoms with E-state index in [0.717, 1.165) is 19.3 Å². The maximum atomic E-state index is 9.27. The minimum absolute atomic E-state index is 0.156. The van der Waals surface area contributed by atoms with E-state index >= 15 is 0 Å². The zero-order valence-electron chi connectivity index (χ0n) is 7.55. The molecule has 0 unspecified atom stereocenters. The van der Waals surface area contributed by atoms with Crippen molar-refractivity contribution >= 4 is 0 Å². The van der Waals surface area contributed by atoms with Gasteiger partial charge in [0.1, 0.15) is 0 Å². The summed E-state index contributed by atoms with van der Waals surface area (Å²) in [4.78, 5) is 0. The van der Waals surface area contributed by atoms with E-state index in [-0.39, 0.29) is 6.10 Å². The molecule has 0 rings (SSSR count). The first-order valence-electron chi connectivity index (χ1n) is 4.69. The highest BCUT2D eigenvalue weighted by molar-refractivity contribution is 4.55. The van der Waals surface area contributed by atoms with Gasteiger partial charge in [-0.15, -0.1) is 0 Å². The minimum atomic E-state index is -0.156. The molecule has 0 aromatic heterocycles. The number of nitrogens with two attached hydrogens (primary N) is 1. The van der Waals surface area contributed by atoms with Crippen LogP contribution in [0, 0.1) is 0 Å². The molecule has 0 aliphatic heterocycles. The summed E-state index contributed by atoms with van der Waals surface area (Å²) in [6.45, 7) is 2.80. The van der Waals surface area contributed by atoms with Crippen LogP contribution in [0.15, 0.2) is 0 Å². The van der Waals surface area contributed by atoms with Crippen LogP contribution in [0.5, 0.6) is 0 Å². The average Bonchev–Trinajstić information content (AvgIpc) is 1.99. The Labute approximate surface area is 69.8 Å². The fraction of sp³-hybridized carbons (Fsp3) is 1.00. The second-order valence-corrected chi connectivity index (χ2v) is 3.08. The zero-order valence-corrected chi connectivity index (χ0v) is 7.55. The number of hydrogen-bond donors (Lipinski definition) is 2. The molecule has 0 saturated heterocycles. The van der Waals surface area contributed by atoms with Crippen molar-refractivity contribution in [3.63, 3.8) is 0 Å². The lowest BCUT2D eigenvalue weighted by atomic mass is 10.1. The number of rotatable bonds is 7.